The Hall–Kier alpha value is -3.30. The van der Waals surface area contributed by atoms with Crippen molar-refractivity contribution in [2.75, 3.05) is 19.7 Å². The summed E-state index contributed by atoms with van der Waals surface area (Å²) in [4.78, 5) is 24.8. The highest BCUT2D eigenvalue weighted by atomic mass is 35.5. The van der Waals surface area contributed by atoms with Gasteiger partial charge in [0, 0.05) is 24.8 Å². The minimum Gasteiger partial charge on any atom is -0.493 e. The van der Waals surface area contributed by atoms with Gasteiger partial charge in [0.05, 0.1) is 17.7 Å². The molecule has 10 heteroatoms. The number of nitrogens with one attached hydrogen (secondary N) is 2. The first-order chi connectivity index (χ1) is 16.7. The van der Waals surface area contributed by atoms with E-state index in [1.807, 2.05) is 29.3 Å². The number of nitrogens with zero attached hydrogens (tertiary/aromatic N) is 3. The lowest BCUT2D eigenvalue weighted by atomic mass is 10.2. The fourth-order valence-electron chi connectivity index (χ4n) is 4.31. The van der Waals surface area contributed by atoms with Crippen LogP contribution in [0.1, 0.15) is 60.0 Å². The molecule has 0 radical (unpaired) electrons. The van der Waals surface area contributed by atoms with E-state index in [4.69, 9.17) is 14.2 Å². The highest BCUT2D eigenvalue weighted by Gasteiger charge is 2.28. The average molecular weight is 498 g/mol. The second-order valence-electron chi connectivity index (χ2n) is 9.03. The van der Waals surface area contributed by atoms with Gasteiger partial charge in [-0.05, 0) is 43.7 Å². The van der Waals surface area contributed by atoms with Gasteiger partial charge in [-0.25, -0.2) is 15.0 Å². The normalized spacial score (nSPS) is 19.9. The van der Waals surface area contributed by atoms with Gasteiger partial charge >= 0.3 is 0 Å². The first kappa shape index (κ1) is 23.4. The number of aromatic nitrogens is 3. The number of hydrogen-bond acceptors (Lipinski definition) is 7. The first-order valence-corrected chi connectivity index (χ1v) is 11.9. The van der Waals surface area contributed by atoms with Crippen LogP contribution in [0.4, 0.5) is 0 Å². The fraction of sp³-hybridized carbons (Fsp3) is 0.400. The summed E-state index contributed by atoms with van der Waals surface area (Å²) in [6.45, 7) is 2.47. The topological polar surface area (TPSA) is 102 Å². The summed E-state index contributed by atoms with van der Waals surface area (Å²) < 4.78 is 17.8. The van der Waals surface area contributed by atoms with Crippen LogP contribution in [0, 0.1) is 5.92 Å². The molecule has 1 saturated carbocycles. The van der Waals surface area contributed by atoms with E-state index in [0.717, 1.165) is 43.9 Å². The lowest BCUT2D eigenvalue weighted by molar-refractivity contribution is -0.0173. The average Bonchev–Trinajstić information content (AvgIpc) is 3.38. The molecule has 2 fully saturated rings. The number of amides is 1. The molecule has 2 aromatic heterocycles. The van der Waals surface area contributed by atoms with Crippen LogP contribution in [-0.4, -0.2) is 45.6 Å². The van der Waals surface area contributed by atoms with Crippen molar-refractivity contribution >= 4 is 35.1 Å². The summed E-state index contributed by atoms with van der Waals surface area (Å²) in [5.74, 6) is 1.79. The number of carbonyl (C=O) groups is 1. The minimum absolute atomic E-state index is 0. The predicted octanol–water partition coefficient (Wildman–Crippen LogP) is 4.34. The molecule has 1 aliphatic carbocycles. The fourth-order valence-corrected chi connectivity index (χ4v) is 4.31. The molecule has 184 valence electrons. The lowest BCUT2D eigenvalue weighted by Gasteiger charge is -2.26. The molecule has 2 aliphatic heterocycles. The van der Waals surface area contributed by atoms with E-state index in [2.05, 4.69) is 20.4 Å². The first-order valence-electron chi connectivity index (χ1n) is 11.9. The highest BCUT2D eigenvalue weighted by molar-refractivity contribution is 6.06. The van der Waals surface area contributed by atoms with Crippen molar-refractivity contribution in [3.05, 3.63) is 59.9 Å². The third-order valence-electron chi connectivity index (χ3n) is 6.40. The maximum absolute atomic E-state index is 12.9. The van der Waals surface area contributed by atoms with E-state index in [9.17, 15) is 4.79 Å². The quantitative estimate of drug-likeness (QED) is 0.500. The molecular formula is C25H28ClN5O4. The number of aromatic amines is 1. The van der Waals surface area contributed by atoms with Crippen LogP contribution in [0.5, 0.6) is 5.75 Å². The van der Waals surface area contributed by atoms with E-state index in [0.29, 0.717) is 34.0 Å². The van der Waals surface area contributed by atoms with Gasteiger partial charge < -0.3 is 19.2 Å². The molecule has 0 spiro atoms. The molecule has 1 amide bonds. The Morgan fingerprint density at radius 2 is 2.06 bits per heavy atom. The minimum atomic E-state index is -0.596. The molecule has 1 unspecified atom stereocenters. The monoisotopic (exact) mass is 497 g/mol. The van der Waals surface area contributed by atoms with Crippen molar-refractivity contribution < 1.29 is 19.0 Å². The molecule has 2 N–H and O–H groups in total. The lowest BCUT2D eigenvalue weighted by Crippen LogP contribution is -2.45. The molecular weight excluding hydrogens is 470 g/mol. The van der Waals surface area contributed by atoms with E-state index < -0.39 is 6.29 Å². The van der Waals surface area contributed by atoms with Crippen LogP contribution in [0.3, 0.4) is 0 Å². The Bertz CT molecular complexity index is 1240. The number of ether oxygens (including phenoxy) is 3. The Morgan fingerprint density at radius 1 is 1.20 bits per heavy atom. The number of halogens is 1. The molecule has 4 heterocycles. The molecule has 0 bridgehead atoms. The summed E-state index contributed by atoms with van der Waals surface area (Å²) in [5, 5.41) is 1.97. The summed E-state index contributed by atoms with van der Waals surface area (Å²) in [6.07, 6.45) is 9.92. The Morgan fingerprint density at radius 3 is 2.89 bits per heavy atom. The summed E-state index contributed by atoms with van der Waals surface area (Å²) in [6, 6.07) is 7.76. The summed E-state index contributed by atoms with van der Waals surface area (Å²) >= 11 is 0. The van der Waals surface area contributed by atoms with Gasteiger partial charge in [-0.2, -0.15) is 0 Å². The number of fused-ring (bicyclic) bond motifs is 1. The zero-order valence-electron chi connectivity index (χ0n) is 19.2. The van der Waals surface area contributed by atoms with Crippen molar-refractivity contribution in [2.45, 2.75) is 38.4 Å². The summed E-state index contributed by atoms with van der Waals surface area (Å²) in [5.41, 5.74) is 6.04. The maximum Gasteiger partial charge on any atom is 0.269 e. The largest absolute Gasteiger partial charge is 0.493 e. The van der Waals surface area contributed by atoms with Crippen LogP contribution in [0.15, 0.2) is 43.1 Å². The standard InChI is InChI=1S/C25H27N5O4.ClH/c31-24(29-30-9-2-1-3-10-30)19-12-26-23-21(19)27-15-28-22(23)20-14-33-25(34-20)17-5-4-6-18(11-17)32-13-16-7-8-16;/h4-6,11-12,14-16,25-26H,1-3,7-10,13H2,(H,29,31);1H. The van der Waals surface area contributed by atoms with Gasteiger partial charge in [-0.15, -0.1) is 12.4 Å². The van der Waals surface area contributed by atoms with Crippen molar-refractivity contribution in [2.24, 2.45) is 5.92 Å². The predicted molar refractivity (Wildman–Crippen MR) is 132 cm³/mol. The second kappa shape index (κ2) is 10.1. The van der Waals surface area contributed by atoms with Crippen molar-refractivity contribution in [3.8, 4) is 5.75 Å². The number of carbonyl (C=O) groups excluding carboxylic acids is 1. The number of hydrazine groups is 1. The van der Waals surface area contributed by atoms with E-state index in [-0.39, 0.29) is 18.3 Å². The Balaban J connectivity index is 0.00000253. The smallest absolute Gasteiger partial charge is 0.269 e. The van der Waals surface area contributed by atoms with Gasteiger partial charge in [-0.3, -0.25) is 10.2 Å². The van der Waals surface area contributed by atoms with Crippen LogP contribution in [0.25, 0.3) is 16.8 Å². The van der Waals surface area contributed by atoms with Crippen LogP contribution in [-0.2, 0) is 9.47 Å². The Labute approximate surface area is 209 Å². The second-order valence-corrected chi connectivity index (χ2v) is 9.03. The van der Waals surface area contributed by atoms with Gasteiger partial charge in [0.2, 0.25) is 0 Å². The SMILES string of the molecule is Cl.O=C(NN1CCCCC1)c1c[nH]c2c(C3=COC(c4cccc(OCC5CC5)c4)O3)ncnc12. The maximum atomic E-state index is 12.9. The number of benzene rings is 1. The number of hydrogen-bond donors (Lipinski definition) is 2. The molecule has 1 saturated heterocycles. The molecule has 1 aromatic carbocycles. The third-order valence-corrected chi connectivity index (χ3v) is 6.40. The van der Waals surface area contributed by atoms with E-state index in [1.54, 1.807) is 12.5 Å². The molecule has 3 aromatic rings. The van der Waals surface area contributed by atoms with Gasteiger partial charge in [0.1, 0.15) is 29.5 Å². The van der Waals surface area contributed by atoms with Gasteiger partial charge in [0.15, 0.2) is 5.76 Å². The number of rotatable bonds is 7. The van der Waals surface area contributed by atoms with E-state index >= 15 is 0 Å². The molecule has 6 rings (SSSR count). The van der Waals surface area contributed by atoms with Crippen LogP contribution >= 0.6 is 12.4 Å². The zero-order valence-corrected chi connectivity index (χ0v) is 20.1. The van der Waals surface area contributed by atoms with Crippen molar-refractivity contribution in [3.63, 3.8) is 0 Å². The van der Waals surface area contributed by atoms with Crippen LogP contribution in [0.2, 0.25) is 0 Å². The zero-order chi connectivity index (χ0) is 22.9. The van der Waals surface area contributed by atoms with Gasteiger partial charge in [0.25, 0.3) is 12.2 Å². The third kappa shape index (κ3) is 5.06. The van der Waals surface area contributed by atoms with Crippen molar-refractivity contribution in [1.29, 1.82) is 0 Å². The van der Waals surface area contributed by atoms with E-state index in [1.165, 1.54) is 25.6 Å². The number of H-pyrrole nitrogens is 1. The molecule has 3 aliphatic rings. The van der Waals surface area contributed by atoms with Crippen molar-refractivity contribution in [1.82, 2.24) is 25.4 Å². The highest BCUT2D eigenvalue weighted by Crippen LogP contribution is 2.36. The van der Waals surface area contributed by atoms with Gasteiger partial charge in [-0.1, -0.05) is 18.6 Å². The Kier molecular flexibility index (Phi) is 6.79. The number of piperidine rings is 1. The molecule has 9 nitrogen and oxygen atoms in total. The van der Waals surface area contributed by atoms with Crippen LogP contribution < -0.4 is 10.2 Å². The molecule has 35 heavy (non-hydrogen) atoms. The summed E-state index contributed by atoms with van der Waals surface area (Å²) in [7, 11) is 0. The molecule has 1 atom stereocenters.